The lowest BCUT2D eigenvalue weighted by Crippen LogP contribution is -2.40. The summed E-state index contributed by atoms with van der Waals surface area (Å²) in [6.45, 7) is 7.55. The Hall–Kier alpha value is -1.79. The SMILES string of the molecule is COC(=O)c1ccc(C2CCNCCN2C(=O)OC(C)(C)C)cc1Cl. The third kappa shape index (κ3) is 5.09. The van der Waals surface area contributed by atoms with Crippen molar-refractivity contribution in [1.82, 2.24) is 10.2 Å². The van der Waals surface area contributed by atoms with Crippen LogP contribution in [0.25, 0.3) is 0 Å². The van der Waals surface area contributed by atoms with Crippen molar-refractivity contribution in [2.24, 2.45) is 0 Å². The molecule has 1 aliphatic rings. The lowest BCUT2D eigenvalue weighted by Gasteiger charge is -2.32. The van der Waals surface area contributed by atoms with E-state index in [2.05, 4.69) is 5.32 Å². The Bertz CT molecular complexity index is 642. The first-order valence-electron chi connectivity index (χ1n) is 8.31. The number of nitrogens with zero attached hydrogens (tertiary/aromatic N) is 1. The van der Waals surface area contributed by atoms with Crippen molar-refractivity contribution in [3.63, 3.8) is 0 Å². The molecule has 1 unspecified atom stereocenters. The zero-order valence-electron chi connectivity index (χ0n) is 15.1. The minimum Gasteiger partial charge on any atom is -0.465 e. The van der Waals surface area contributed by atoms with Gasteiger partial charge >= 0.3 is 12.1 Å². The number of methoxy groups -OCH3 is 1. The molecule has 1 atom stereocenters. The summed E-state index contributed by atoms with van der Waals surface area (Å²) in [6.07, 6.45) is 0.377. The molecule has 1 heterocycles. The Balaban J connectivity index is 2.30. The van der Waals surface area contributed by atoms with Crippen LogP contribution in [0.5, 0.6) is 0 Å². The molecule has 0 aromatic heterocycles. The summed E-state index contributed by atoms with van der Waals surface area (Å²) in [4.78, 5) is 26.0. The van der Waals surface area contributed by atoms with Crippen LogP contribution in [0.2, 0.25) is 5.02 Å². The summed E-state index contributed by atoms with van der Waals surface area (Å²) in [5, 5.41) is 3.60. The summed E-state index contributed by atoms with van der Waals surface area (Å²) in [5.74, 6) is -0.483. The number of esters is 1. The van der Waals surface area contributed by atoms with Crippen LogP contribution in [0.3, 0.4) is 0 Å². The molecular formula is C18H25ClN2O4. The van der Waals surface area contributed by atoms with Gasteiger partial charge in [-0.3, -0.25) is 4.90 Å². The highest BCUT2D eigenvalue weighted by molar-refractivity contribution is 6.33. The molecule has 0 aliphatic carbocycles. The van der Waals surface area contributed by atoms with E-state index in [4.69, 9.17) is 21.1 Å². The Morgan fingerprint density at radius 2 is 2.00 bits per heavy atom. The van der Waals surface area contributed by atoms with Gasteiger partial charge in [-0.05, 0) is 51.4 Å². The molecule has 138 valence electrons. The van der Waals surface area contributed by atoms with Gasteiger partial charge in [-0.2, -0.15) is 0 Å². The van der Waals surface area contributed by atoms with Crippen molar-refractivity contribution >= 4 is 23.7 Å². The van der Waals surface area contributed by atoms with Crippen LogP contribution in [0.1, 0.15) is 49.2 Å². The predicted octanol–water partition coefficient (Wildman–Crippen LogP) is 3.40. The van der Waals surface area contributed by atoms with E-state index >= 15 is 0 Å². The van der Waals surface area contributed by atoms with Crippen LogP contribution in [-0.2, 0) is 9.47 Å². The molecular weight excluding hydrogens is 344 g/mol. The number of ether oxygens (including phenoxy) is 2. The van der Waals surface area contributed by atoms with Gasteiger partial charge in [0.15, 0.2) is 0 Å². The van der Waals surface area contributed by atoms with Gasteiger partial charge in [0, 0.05) is 13.1 Å². The predicted molar refractivity (Wildman–Crippen MR) is 96.0 cm³/mol. The fraction of sp³-hybridized carbons (Fsp3) is 0.556. The molecule has 1 saturated heterocycles. The summed E-state index contributed by atoms with van der Waals surface area (Å²) in [6, 6.07) is 5.00. The van der Waals surface area contributed by atoms with Crippen LogP contribution in [0.15, 0.2) is 18.2 Å². The van der Waals surface area contributed by atoms with Crippen LogP contribution < -0.4 is 5.32 Å². The average molecular weight is 369 g/mol. The van der Waals surface area contributed by atoms with Gasteiger partial charge in [0.1, 0.15) is 5.60 Å². The number of hydrogen-bond acceptors (Lipinski definition) is 5. The monoisotopic (exact) mass is 368 g/mol. The molecule has 2 rings (SSSR count). The summed E-state index contributed by atoms with van der Waals surface area (Å²) in [5.41, 5.74) is 0.615. The third-order valence-electron chi connectivity index (χ3n) is 3.91. The standard InChI is InChI=1S/C18H25ClN2O4/c1-18(2,3)25-17(23)21-10-9-20-8-7-15(21)12-5-6-13(14(19)11-12)16(22)24-4/h5-6,11,15,20H,7-10H2,1-4H3. The van der Waals surface area contributed by atoms with E-state index in [1.165, 1.54) is 7.11 Å². The Morgan fingerprint density at radius 3 is 2.60 bits per heavy atom. The molecule has 1 N–H and O–H groups in total. The first-order chi connectivity index (χ1) is 11.7. The highest BCUT2D eigenvalue weighted by Gasteiger charge is 2.31. The first kappa shape index (κ1) is 19.5. The van der Waals surface area contributed by atoms with Gasteiger partial charge < -0.3 is 14.8 Å². The van der Waals surface area contributed by atoms with Gasteiger partial charge in [0.25, 0.3) is 0 Å². The first-order valence-corrected chi connectivity index (χ1v) is 8.69. The van der Waals surface area contributed by atoms with E-state index < -0.39 is 11.6 Å². The maximum atomic E-state index is 12.6. The number of halogens is 1. The van der Waals surface area contributed by atoms with Gasteiger partial charge in [0.2, 0.25) is 0 Å². The highest BCUT2D eigenvalue weighted by atomic mass is 35.5. The van der Waals surface area contributed by atoms with E-state index in [1.807, 2.05) is 26.8 Å². The summed E-state index contributed by atoms with van der Waals surface area (Å²) in [7, 11) is 1.31. The molecule has 1 aromatic rings. The summed E-state index contributed by atoms with van der Waals surface area (Å²) >= 11 is 6.25. The highest BCUT2D eigenvalue weighted by Crippen LogP contribution is 2.30. The molecule has 0 spiro atoms. The topological polar surface area (TPSA) is 67.9 Å². The second-order valence-electron chi connectivity index (χ2n) is 6.96. The number of carbonyl (C=O) groups is 2. The zero-order valence-corrected chi connectivity index (χ0v) is 15.9. The van der Waals surface area contributed by atoms with E-state index in [0.717, 1.165) is 18.5 Å². The maximum Gasteiger partial charge on any atom is 0.410 e. The molecule has 7 heteroatoms. The van der Waals surface area contributed by atoms with Gasteiger partial charge in [-0.1, -0.05) is 17.7 Å². The van der Waals surface area contributed by atoms with E-state index in [9.17, 15) is 9.59 Å². The number of rotatable bonds is 2. The van der Waals surface area contributed by atoms with Gasteiger partial charge in [-0.15, -0.1) is 0 Å². The smallest absolute Gasteiger partial charge is 0.410 e. The molecule has 1 amide bonds. The Morgan fingerprint density at radius 1 is 1.28 bits per heavy atom. The normalized spacial score (nSPS) is 18.4. The van der Waals surface area contributed by atoms with Gasteiger partial charge in [-0.25, -0.2) is 9.59 Å². The number of amides is 1. The lowest BCUT2D eigenvalue weighted by atomic mass is 10.0. The largest absolute Gasteiger partial charge is 0.465 e. The van der Waals surface area contributed by atoms with Crippen molar-refractivity contribution in [2.75, 3.05) is 26.7 Å². The minimum absolute atomic E-state index is 0.172. The fourth-order valence-corrected chi connectivity index (χ4v) is 3.04. The second kappa shape index (κ2) is 8.06. The van der Waals surface area contributed by atoms with Crippen molar-refractivity contribution in [1.29, 1.82) is 0 Å². The molecule has 0 bridgehead atoms. The average Bonchev–Trinajstić information content (AvgIpc) is 2.78. The van der Waals surface area contributed by atoms with Crippen molar-refractivity contribution in [3.05, 3.63) is 34.3 Å². The number of nitrogens with one attached hydrogen (secondary N) is 1. The quantitative estimate of drug-likeness (QED) is 0.810. The number of hydrogen-bond donors (Lipinski definition) is 1. The molecule has 1 aliphatic heterocycles. The molecule has 0 radical (unpaired) electrons. The third-order valence-corrected chi connectivity index (χ3v) is 4.22. The van der Waals surface area contributed by atoms with Crippen LogP contribution in [-0.4, -0.2) is 49.3 Å². The number of carbonyl (C=O) groups excluding carboxylic acids is 2. The van der Waals surface area contributed by atoms with E-state index in [1.54, 1.807) is 17.0 Å². The van der Waals surface area contributed by atoms with Crippen molar-refractivity contribution in [3.8, 4) is 0 Å². The van der Waals surface area contributed by atoms with E-state index in [-0.39, 0.29) is 12.1 Å². The van der Waals surface area contributed by atoms with Gasteiger partial charge in [0.05, 0.1) is 23.7 Å². The van der Waals surface area contributed by atoms with E-state index in [0.29, 0.717) is 23.7 Å². The molecule has 6 nitrogen and oxygen atoms in total. The van der Waals surface area contributed by atoms with Crippen LogP contribution in [0.4, 0.5) is 4.79 Å². The lowest BCUT2D eigenvalue weighted by molar-refractivity contribution is 0.0171. The summed E-state index contributed by atoms with van der Waals surface area (Å²) < 4.78 is 10.3. The van der Waals surface area contributed by atoms with Crippen LogP contribution in [0, 0.1) is 0 Å². The zero-order chi connectivity index (χ0) is 18.6. The maximum absolute atomic E-state index is 12.6. The number of benzene rings is 1. The minimum atomic E-state index is -0.562. The van der Waals surface area contributed by atoms with Crippen molar-refractivity contribution in [2.45, 2.75) is 38.8 Å². The molecule has 0 saturated carbocycles. The molecule has 1 aromatic carbocycles. The molecule has 25 heavy (non-hydrogen) atoms. The Labute approximate surface area is 153 Å². The second-order valence-corrected chi connectivity index (χ2v) is 7.37. The van der Waals surface area contributed by atoms with Crippen LogP contribution >= 0.6 is 11.6 Å². The molecule has 1 fully saturated rings. The van der Waals surface area contributed by atoms with Crippen molar-refractivity contribution < 1.29 is 19.1 Å². The Kier molecular flexibility index (Phi) is 6.30. The fourth-order valence-electron chi connectivity index (χ4n) is 2.77.